The van der Waals surface area contributed by atoms with Crippen molar-refractivity contribution in [2.24, 2.45) is 9.98 Å². The SMILES string of the molecule is CC(=N[C@H](C)c1ccccc1)c1cccc(C(C)=N[C@H](C)c2ccccc2)n1. The Labute approximate surface area is 167 Å². The molecule has 0 saturated carbocycles. The van der Waals surface area contributed by atoms with Gasteiger partial charge < -0.3 is 0 Å². The lowest BCUT2D eigenvalue weighted by Gasteiger charge is -2.11. The maximum absolute atomic E-state index is 4.84. The average molecular weight is 370 g/mol. The summed E-state index contributed by atoms with van der Waals surface area (Å²) in [6.45, 7) is 8.25. The van der Waals surface area contributed by atoms with Gasteiger partial charge in [0.1, 0.15) is 0 Å². The summed E-state index contributed by atoms with van der Waals surface area (Å²) in [4.78, 5) is 14.5. The van der Waals surface area contributed by atoms with Crippen LogP contribution in [0.1, 0.15) is 62.3 Å². The zero-order chi connectivity index (χ0) is 19.9. The maximum atomic E-state index is 4.84. The van der Waals surface area contributed by atoms with Crippen LogP contribution in [0.3, 0.4) is 0 Å². The molecule has 142 valence electrons. The van der Waals surface area contributed by atoms with Crippen LogP contribution in [0.2, 0.25) is 0 Å². The van der Waals surface area contributed by atoms with E-state index in [0.717, 1.165) is 22.8 Å². The number of benzene rings is 2. The fourth-order valence-corrected chi connectivity index (χ4v) is 3.16. The standard InChI is InChI=1S/C25H27N3/c1-18(22-12-7-5-8-13-22)26-20(3)24-16-11-17-25(28-24)21(4)27-19(2)23-14-9-6-10-15-23/h5-19H,1-4H3/t18-,19-/m1/s1. The second-order valence-corrected chi connectivity index (χ2v) is 7.01. The molecule has 0 aliphatic rings. The largest absolute Gasteiger partial charge is 0.280 e. The minimum atomic E-state index is 0.0968. The van der Waals surface area contributed by atoms with Crippen molar-refractivity contribution in [3.05, 3.63) is 101 Å². The number of hydrogen-bond acceptors (Lipinski definition) is 3. The second-order valence-electron chi connectivity index (χ2n) is 7.01. The Hall–Kier alpha value is -3.07. The molecule has 2 aromatic carbocycles. The van der Waals surface area contributed by atoms with Crippen LogP contribution in [0.25, 0.3) is 0 Å². The molecule has 0 aliphatic heterocycles. The minimum absolute atomic E-state index is 0.0968. The van der Waals surface area contributed by atoms with Crippen LogP contribution in [0.5, 0.6) is 0 Å². The van der Waals surface area contributed by atoms with Crippen molar-refractivity contribution in [1.29, 1.82) is 0 Å². The van der Waals surface area contributed by atoms with E-state index in [1.807, 2.05) is 68.4 Å². The van der Waals surface area contributed by atoms with Gasteiger partial charge in [-0.1, -0.05) is 66.7 Å². The molecule has 0 saturated heterocycles. The van der Waals surface area contributed by atoms with Gasteiger partial charge in [0.2, 0.25) is 0 Å². The second kappa shape index (κ2) is 9.23. The molecule has 0 unspecified atom stereocenters. The number of hydrogen-bond donors (Lipinski definition) is 0. The quantitative estimate of drug-likeness (QED) is 0.475. The summed E-state index contributed by atoms with van der Waals surface area (Å²) in [5.74, 6) is 0. The lowest BCUT2D eigenvalue weighted by atomic mass is 10.1. The van der Waals surface area contributed by atoms with Gasteiger partial charge in [-0.25, -0.2) is 4.98 Å². The molecular weight excluding hydrogens is 342 g/mol. The highest BCUT2D eigenvalue weighted by Gasteiger charge is 2.09. The van der Waals surface area contributed by atoms with E-state index in [4.69, 9.17) is 15.0 Å². The van der Waals surface area contributed by atoms with Crippen molar-refractivity contribution in [3.63, 3.8) is 0 Å². The number of rotatable bonds is 6. The van der Waals surface area contributed by atoms with Crippen molar-refractivity contribution in [2.75, 3.05) is 0 Å². The van der Waals surface area contributed by atoms with Gasteiger partial charge in [0.25, 0.3) is 0 Å². The van der Waals surface area contributed by atoms with E-state index in [-0.39, 0.29) is 12.1 Å². The Kier molecular flexibility index (Phi) is 6.49. The van der Waals surface area contributed by atoms with E-state index >= 15 is 0 Å². The van der Waals surface area contributed by atoms with E-state index < -0.39 is 0 Å². The van der Waals surface area contributed by atoms with Crippen LogP contribution in [-0.4, -0.2) is 16.4 Å². The first-order valence-electron chi connectivity index (χ1n) is 9.71. The molecule has 3 aromatic rings. The first kappa shape index (κ1) is 19.7. The van der Waals surface area contributed by atoms with Gasteiger partial charge in [-0.3, -0.25) is 9.98 Å². The predicted molar refractivity (Wildman–Crippen MR) is 118 cm³/mol. The molecule has 1 heterocycles. The molecule has 0 fully saturated rings. The molecule has 0 N–H and O–H groups in total. The van der Waals surface area contributed by atoms with Crippen molar-refractivity contribution in [2.45, 2.75) is 39.8 Å². The van der Waals surface area contributed by atoms with Crippen LogP contribution in [0, 0.1) is 0 Å². The van der Waals surface area contributed by atoms with E-state index in [2.05, 4.69) is 38.1 Å². The van der Waals surface area contributed by atoms with Crippen LogP contribution in [0.15, 0.2) is 88.8 Å². The lowest BCUT2D eigenvalue weighted by molar-refractivity contribution is 0.817. The Morgan fingerprint density at radius 3 is 1.39 bits per heavy atom. The Bertz CT molecular complexity index is 883. The van der Waals surface area contributed by atoms with Crippen molar-refractivity contribution in [3.8, 4) is 0 Å². The molecule has 3 nitrogen and oxygen atoms in total. The highest BCUT2D eigenvalue weighted by Crippen LogP contribution is 2.19. The van der Waals surface area contributed by atoms with Crippen LogP contribution >= 0.6 is 0 Å². The van der Waals surface area contributed by atoms with Gasteiger partial charge in [0.15, 0.2) is 0 Å². The molecule has 0 spiro atoms. The number of pyridine rings is 1. The fraction of sp³-hybridized carbons (Fsp3) is 0.240. The van der Waals surface area contributed by atoms with E-state index in [9.17, 15) is 0 Å². The summed E-state index contributed by atoms with van der Waals surface area (Å²) < 4.78 is 0. The van der Waals surface area contributed by atoms with Crippen LogP contribution < -0.4 is 0 Å². The van der Waals surface area contributed by atoms with E-state index in [1.54, 1.807) is 0 Å². The summed E-state index contributed by atoms with van der Waals surface area (Å²) in [6.07, 6.45) is 0. The van der Waals surface area contributed by atoms with E-state index in [0.29, 0.717) is 0 Å². The van der Waals surface area contributed by atoms with Crippen molar-refractivity contribution < 1.29 is 0 Å². The first-order valence-corrected chi connectivity index (χ1v) is 9.71. The van der Waals surface area contributed by atoms with E-state index in [1.165, 1.54) is 11.1 Å². The summed E-state index contributed by atoms with van der Waals surface area (Å²) in [6, 6.07) is 26.9. The molecule has 28 heavy (non-hydrogen) atoms. The highest BCUT2D eigenvalue weighted by atomic mass is 14.9. The molecular formula is C25H27N3. The Morgan fingerprint density at radius 2 is 1.00 bits per heavy atom. The Balaban J connectivity index is 1.81. The third-order valence-corrected chi connectivity index (χ3v) is 4.83. The molecule has 0 radical (unpaired) electrons. The topological polar surface area (TPSA) is 37.6 Å². The third-order valence-electron chi connectivity index (χ3n) is 4.83. The molecule has 0 amide bonds. The number of aliphatic imine (C=N–C) groups is 2. The number of aromatic nitrogens is 1. The summed E-state index contributed by atoms with van der Waals surface area (Å²) in [5.41, 5.74) is 6.05. The molecule has 3 rings (SSSR count). The van der Waals surface area contributed by atoms with Gasteiger partial charge in [0.05, 0.1) is 34.9 Å². The molecule has 3 heteroatoms. The smallest absolute Gasteiger partial charge is 0.0845 e. The van der Waals surface area contributed by atoms with Gasteiger partial charge in [0, 0.05) is 0 Å². The predicted octanol–water partition coefficient (Wildman–Crippen LogP) is 6.22. The van der Waals surface area contributed by atoms with Gasteiger partial charge >= 0.3 is 0 Å². The molecule has 0 bridgehead atoms. The molecule has 0 aliphatic carbocycles. The third kappa shape index (κ3) is 5.01. The average Bonchev–Trinajstić information content (AvgIpc) is 2.75. The lowest BCUT2D eigenvalue weighted by Crippen LogP contribution is -2.07. The van der Waals surface area contributed by atoms with Crippen molar-refractivity contribution >= 4 is 11.4 Å². The zero-order valence-electron chi connectivity index (χ0n) is 17.0. The first-order chi connectivity index (χ1) is 13.5. The Morgan fingerprint density at radius 1 is 0.607 bits per heavy atom. The maximum Gasteiger partial charge on any atom is 0.0845 e. The highest BCUT2D eigenvalue weighted by molar-refractivity contribution is 6.00. The number of nitrogens with zero attached hydrogens (tertiary/aromatic N) is 3. The van der Waals surface area contributed by atoms with Gasteiger partial charge in [-0.2, -0.15) is 0 Å². The minimum Gasteiger partial charge on any atom is -0.280 e. The van der Waals surface area contributed by atoms with Gasteiger partial charge in [-0.05, 0) is 51.0 Å². The van der Waals surface area contributed by atoms with Crippen molar-refractivity contribution in [1.82, 2.24) is 4.98 Å². The van der Waals surface area contributed by atoms with Gasteiger partial charge in [-0.15, -0.1) is 0 Å². The monoisotopic (exact) mass is 369 g/mol. The summed E-state index contributed by atoms with van der Waals surface area (Å²) in [5, 5.41) is 0. The normalized spacial score (nSPS) is 14.6. The molecule has 1 aromatic heterocycles. The van der Waals surface area contributed by atoms with Crippen LogP contribution in [-0.2, 0) is 0 Å². The summed E-state index contributed by atoms with van der Waals surface area (Å²) in [7, 11) is 0. The zero-order valence-corrected chi connectivity index (χ0v) is 17.0. The fourth-order valence-electron chi connectivity index (χ4n) is 3.16. The molecule has 2 atom stereocenters. The summed E-state index contributed by atoms with van der Waals surface area (Å²) >= 11 is 0. The van der Waals surface area contributed by atoms with Crippen LogP contribution in [0.4, 0.5) is 0 Å².